The highest BCUT2D eigenvalue weighted by molar-refractivity contribution is 6.31. The van der Waals surface area contributed by atoms with Crippen molar-refractivity contribution < 1.29 is 9.53 Å². The SMILES string of the molecule is COc1ccc(Cl)cc1NC(=O)Cn1c(-c2ccccn2)nc2ccccc21. The molecule has 2 heterocycles. The molecule has 0 bridgehead atoms. The normalized spacial score (nSPS) is 10.8. The first-order valence-corrected chi connectivity index (χ1v) is 9.03. The van der Waals surface area contributed by atoms with Gasteiger partial charge in [-0.05, 0) is 42.5 Å². The minimum absolute atomic E-state index is 0.0715. The molecular weight excluding hydrogens is 376 g/mol. The minimum Gasteiger partial charge on any atom is -0.495 e. The van der Waals surface area contributed by atoms with Crippen LogP contribution in [0.4, 0.5) is 5.69 Å². The highest BCUT2D eigenvalue weighted by atomic mass is 35.5. The minimum atomic E-state index is -0.221. The Morgan fingerprint density at radius 2 is 1.96 bits per heavy atom. The summed E-state index contributed by atoms with van der Waals surface area (Å²) < 4.78 is 7.15. The summed E-state index contributed by atoms with van der Waals surface area (Å²) in [6.07, 6.45) is 1.70. The molecule has 28 heavy (non-hydrogen) atoms. The van der Waals surface area contributed by atoms with Gasteiger partial charge in [0.25, 0.3) is 0 Å². The predicted molar refractivity (Wildman–Crippen MR) is 110 cm³/mol. The third kappa shape index (κ3) is 3.54. The average Bonchev–Trinajstić information content (AvgIpc) is 3.07. The van der Waals surface area contributed by atoms with Crippen LogP contribution in [0.25, 0.3) is 22.6 Å². The number of aromatic nitrogens is 3. The number of imidazole rings is 1. The number of carbonyl (C=O) groups is 1. The van der Waals surface area contributed by atoms with Crippen LogP contribution in [0.3, 0.4) is 0 Å². The largest absolute Gasteiger partial charge is 0.495 e. The van der Waals surface area contributed by atoms with Gasteiger partial charge in [-0.2, -0.15) is 0 Å². The zero-order chi connectivity index (χ0) is 19.5. The molecule has 0 saturated carbocycles. The number of para-hydroxylation sites is 2. The zero-order valence-electron chi connectivity index (χ0n) is 15.1. The number of ether oxygens (including phenoxy) is 1. The van der Waals surface area contributed by atoms with Gasteiger partial charge < -0.3 is 14.6 Å². The van der Waals surface area contributed by atoms with Gasteiger partial charge in [0.1, 0.15) is 18.0 Å². The molecule has 0 aliphatic heterocycles. The molecule has 2 aromatic carbocycles. The zero-order valence-corrected chi connectivity index (χ0v) is 15.8. The quantitative estimate of drug-likeness (QED) is 0.546. The van der Waals surface area contributed by atoms with Gasteiger partial charge in [0.15, 0.2) is 5.82 Å². The second-order valence-corrected chi connectivity index (χ2v) is 6.55. The molecule has 0 saturated heterocycles. The van der Waals surface area contributed by atoms with Crippen molar-refractivity contribution in [3.05, 3.63) is 71.9 Å². The number of hydrogen-bond acceptors (Lipinski definition) is 4. The highest BCUT2D eigenvalue weighted by Crippen LogP contribution is 2.28. The summed E-state index contributed by atoms with van der Waals surface area (Å²) in [4.78, 5) is 21.9. The number of amides is 1. The first-order chi connectivity index (χ1) is 13.7. The van der Waals surface area contributed by atoms with E-state index in [1.807, 2.05) is 47.0 Å². The summed E-state index contributed by atoms with van der Waals surface area (Å²) in [6.45, 7) is 0.0715. The number of halogens is 1. The third-order valence-corrected chi connectivity index (χ3v) is 4.52. The molecule has 0 fully saturated rings. The van der Waals surface area contributed by atoms with Gasteiger partial charge in [0.05, 0.1) is 23.8 Å². The van der Waals surface area contributed by atoms with Gasteiger partial charge in [-0.25, -0.2) is 4.98 Å². The molecule has 0 aliphatic rings. The van der Waals surface area contributed by atoms with E-state index in [9.17, 15) is 4.79 Å². The number of carbonyl (C=O) groups excluding carboxylic acids is 1. The monoisotopic (exact) mass is 392 g/mol. The number of benzene rings is 2. The maximum Gasteiger partial charge on any atom is 0.244 e. The fourth-order valence-electron chi connectivity index (χ4n) is 3.04. The summed E-state index contributed by atoms with van der Waals surface area (Å²) in [5.74, 6) is 0.953. The molecule has 0 aliphatic carbocycles. The molecule has 4 rings (SSSR count). The van der Waals surface area contributed by atoms with E-state index in [4.69, 9.17) is 16.3 Å². The van der Waals surface area contributed by atoms with Crippen LogP contribution in [0.1, 0.15) is 0 Å². The van der Waals surface area contributed by atoms with Crippen LogP contribution in [0.2, 0.25) is 5.02 Å². The van der Waals surface area contributed by atoms with Crippen LogP contribution in [-0.4, -0.2) is 27.6 Å². The molecule has 0 spiro atoms. The summed E-state index contributed by atoms with van der Waals surface area (Å²) >= 11 is 6.05. The summed E-state index contributed by atoms with van der Waals surface area (Å²) in [6, 6.07) is 18.4. The van der Waals surface area contributed by atoms with Gasteiger partial charge in [-0.3, -0.25) is 9.78 Å². The van der Waals surface area contributed by atoms with Crippen molar-refractivity contribution in [2.45, 2.75) is 6.54 Å². The summed E-state index contributed by atoms with van der Waals surface area (Å²) in [5.41, 5.74) is 2.88. The fourth-order valence-corrected chi connectivity index (χ4v) is 3.21. The van der Waals surface area contributed by atoms with E-state index in [2.05, 4.69) is 15.3 Å². The number of nitrogens with one attached hydrogen (secondary N) is 1. The lowest BCUT2D eigenvalue weighted by Gasteiger charge is -2.12. The second-order valence-electron chi connectivity index (χ2n) is 6.12. The Kier molecular flexibility index (Phi) is 4.95. The number of hydrogen-bond donors (Lipinski definition) is 1. The number of rotatable bonds is 5. The lowest BCUT2D eigenvalue weighted by atomic mass is 10.3. The smallest absolute Gasteiger partial charge is 0.244 e. The lowest BCUT2D eigenvalue weighted by molar-refractivity contribution is -0.116. The standard InChI is InChI=1S/C21H17ClN4O2/c1-28-19-10-9-14(22)12-17(19)24-20(27)13-26-18-8-3-2-6-15(18)25-21(26)16-7-4-5-11-23-16/h2-12H,13H2,1H3,(H,24,27). The van der Waals surface area contributed by atoms with Gasteiger partial charge in [-0.1, -0.05) is 29.8 Å². The van der Waals surface area contributed by atoms with E-state index in [-0.39, 0.29) is 12.5 Å². The molecule has 2 aromatic heterocycles. The Morgan fingerprint density at radius 3 is 2.75 bits per heavy atom. The molecular formula is C21H17ClN4O2. The number of pyridine rings is 1. The summed E-state index contributed by atoms with van der Waals surface area (Å²) in [7, 11) is 1.54. The molecule has 4 aromatic rings. The molecule has 0 atom stereocenters. The average molecular weight is 393 g/mol. The molecule has 1 N–H and O–H groups in total. The van der Waals surface area contributed by atoms with E-state index < -0.39 is 0 Å². The molecule has 7 heteroatoms. The maximum absolute atomic E-state index is 12.8. The van der Waals surface area contributed by atoms with Crippen molar-refractivity contribution >= 4 is 34.2 Å². The van der Waals surface area contributed by atoms with E-state index in [1.54, 1.807) is 31.5 Å². The van der Waals surface area contributed by atoms with Crippen LogP contribution in [-0.2, 0) is 11.3 Å². The van der Waals surface area contributed by atoms with E-state index in [0.29, 0.717) is 28.0 Å². The number of anilines is 1. The van der Waals surface area contributed by atoms with Crippen LogP contribution in [0, 0.1) is 0 Å². The molecule has 6 nitrogen and oxygen atoms in total. The number of nitrogens with zero attached hydrogens (tertiary/aromatic N) is 3. The van der Waals surface area contributed by atoms with Crippen LogP contribution < -0.4 is 10.1 Å². The Hall–Kier alpha value is -3.38. The second kappa shape index (κ2) is 7.70. The van der Waals surface area contributed by atoms with Crippen molar-refractivity contribution in [1.82, 2.24) is 14.5 Å². The van der Waals surface area contributed by atoms with Crippen LogP contribution >= 0.6 is 11.6 Å². The number of methoxy groups -OCH3 is 1. The Morgan fingerprint density at radius 1 is 1.14 bits per heavy atom. The van der Waals surface area contributed by atoms with Crippen molar-refractivity contribution in [2.75, 3.05) is 12.4 Å². The fraction of sp³-hybridized carbons (Fsp3) is 0.0952. The Bertz CT molecular complexity index is 1140. The van der Waals surface area contributed by atoms with Gasteiger partial charge in [0.2, 0.25) is 5.91 Å². The van der Waals surface area contributed by atoms with Gasteiger partial charge >= 0.3 is 0 Å². The third-order valence-electron chi connectivity index (χ3n) is 4.29. The van der Waals surface area contributed by atoms with Crippen LogP contribution in [0.5, 0.6) is 5.75 Å². The Labute approximate surface area is 166 Å². The van der Waals surface area contributed by atoms with E-state index in [1.165, 1.54) is 0 Å². The van der Waals surface area contributed by atoms with Gasteiger partial charge in [0, 0.05) is 11.2 Å². The Balaban J connectivity index is 1.70. The lowest BCUT2D eigenvalue weighted by Crippen LogP contribution is -2.19. The topological polar surface area (TPSA) is 69.0 Å². The van der Waals surface area contributed by atoms with Crippen molar-refractivity contribution in [1.29, 1.82) is 0 Å². The highest BCUT2D eigenvalue weighted by Gasteiger charge is 2.17. The van der Waals surface area contributed by atoms with Crippen molar-refractivity contribution in [3.8, 4) is 17.3 Å². The predicted octanol–water partition coefficient (Wildman–Crippen LogP) is 4.40. The van der Waals surface area contributed by atoms with Gasteiger partial charge in [-0.15, -0.1) is 0 Å². The summed E-state index contributed by atoms with van der Waals surface area (Å²) in [5, 5.41) is 3.38. The molecule has 1 amide bonds. The molecule has 140 valence electrons. The van der Waals surface area contributed by atoms with E-state index in [0.717, 1.165) is 11.0 Å². The molecule has 0 unspecified atom stereocenters. The first-order valence-electron chi connectivity index (χ1n) is 8.66. The first kappa shape index (κ1) is 18.0. The molecule has 0 radical (unpaired) electrons. The van der Waals surface area contributed by atoms with Crippen LogP contribution in [0.15, 0.2) is 66.9 Å². The maximum atomic E-state index is 12.8. The van der Waals surface area contributed by atoms with Crippen molar-refractivity contribution in [2.24, 2.45) is 0 Å². The number of fused-ring (bicyclic) bond motifs is 1. The van der Waals surface area contributed by atoms with Crippen molar-refractivity contribution in [3.63, 3.8) is 0 Å². The van der Waals surface area contributed by atoms with E-state index >= 15 is 0 Å².